The zero-order valence-electron chi connectivity index (χ0n) is 13.2. The summed E-state index contributed by atoms with van der Waals surface area (Å²) in [4.78, 5) is 12.2. The first kappa shape index (κ1) is 15.5. The van der Waals surface area contributed by atoms with E-state index in [2.05, 4.69) is 17.6 Å². The molecule has 5 nitrogen and oxygen atoms in total. The summed E-state index contributed by atoms with van der Waals surface area (Å²) >= 11 is 0. The fourth-order valence-electron chi connectivity index (χ4n) is 2.67. The molecule has 5 heteroatoms. The summed E-state index contributed by atoms with van der Waals surface area (Å²) in [5.41, 5.74) is 7.47. The Morgan fingerprint density at radius 2 is 1.95 bits per heavy atom. The number of nitrogen functional groups attached to an aromatic ring is 1. The van der Waals surface area contributed by atoms with Crippen molar-refractivity contribution in [1.29, 1.82) is 0 Å². The molecule has 0 saturated carbocycles. The smallest absolute Gasteiger partial charge is 0.310 e. The van der Waals surface area contributed by atoms with Gasteiger partial charge in [-0.05, 0) is 45.4 Å². The van der Waals surface area contributed by atoms with Crippen molar-refractivity contribution in [2.45, 2.75) is 58.2 Å². The molecular formula is C16H25N3O2. The van der Waals surface area contributed by atoms with Crippen LogP contribution in [0, 0.1) is 0 Å². The molecule has 2 rings (SSSR count). The van der Waals surface area contributed by atoms with Crippen molar-refractivity contribution in [3.05, 3.63) is 18.2 Å². The molecule has 1 aromatic rings. The summed E-state index contributed by atoms with van der Waals surface area (Å²) in [6.45, 7) is 7.73. The van der Waals surface area contributed by atoms with Gasteiger partial charge in [-0.2, -0.15) is 0 Å². The molecule has 0 aliphatic carbocycles. The van der Waals surface area contributed by atoms with Gasteiger partial charge >= 0.3 is 5.97 Å². The fraction of sp³-hybridized carbons (Fsp3) is 0.562. The summed E-state index contributed by atoms with van der Waals surface area (Å²) in [6, 6.07) is 5.67. The molecule has 4 N–H and O–H groups in total. The highest BCUT2D eigenvalue weighted by atomic mass is 16.6. The highest BCUT2D eigenvalue weighted by Gasteiger charge is 2.38. The maximum Gasteiger partial charge on any atom is 0.310 e. The second-order valence-corrected chi connectivity index (χ2v) is 6.65. The van der Waals surface area contributed by atoms with Gasteiger partial charge in [0.2, 0.25) is 0 Å². The zero-order chi connectivity index (χ0) is 15.7. The van der Waals surface area contributed by atoms with Crippen LogP contribution in [0.5, 0.6) is 0 Å². The van der Waals surface area contributed by atoms with E-state index in [0.29, 0.717) is 5.69 Å². The van der Waals surface area contributed by atoms with Gasteiger partial charge in [-0.1, -0.05) is 13.3 Å². The van der Waals surface area contributed by atoms with Gasteiger partial charge in [0.25, 0.3) is 0 Å². The Morgan fingerprint density at radius 1 is 1.29 bits per heavy atom. The number of anilines is 3. The summed E-state index contributed by atoms with van der Waals surface area (Å²) in [7, 11) is 0. The molecule has 0 saturated heterocycles. The minimum absolute atomic E-state index is 0.211. The highest BCUT2D eigenvalue weighted by Crippen LogP contribution is 2.39. The van der Waals surface area contributed by atoms with Gasteiger partial charge in [-0.25, -0.2) is 0 Å². The number of rotatable bonds is 4. The van der Waals surface area contributed by atoms with Crippen molar-refractivity contribution in [2.75, 3.05) is 16.4 Å². The molecule has 1 aliphatic heterocycles. The molecule has 0 fully saturated rings. The number of hydrogen-bond donors (Lipinski definition) is 3. The lowest BCUT2D eigenvalue weighted by Crippen LogP contribution is -2.45. The van der Waals surface area contributed by atoms with E-state index in [1.54, 1.807) is 0 Å². The number of ether oxygens (including phenoxy) is 1. The monoisotopic (exact) mass is 291 g/mol. The Morgan fingerprint density at radius 3 is 2.57 bits per heavy atom. The zero-order valence-corrected chi connectivity index (χ0v) is 13.2. The lowest BCUT2D eigenvalue weighted by Gasteiger charge is -2.31. The fourth-order valence-corrected chi connectivity index (χ4v) is 2.67. The molecule has 1 unspecified atom stereocenters. The van der Waals surface area contributed by atoms with Crippen LogP contribution in [-0.4, -0.2) is 17.2 Å². The van der Waals surface area contributed by atoms with Gasteiger partial charge < -0.3 is 21.1 Å². The Hall–Kier alpha value is -1.91. The quantitative estimate of drug-likeness (QED) is 0.586. The maximum absolute atomic E-state index is 12.2. The predicted octanol–water partition coefficient (Wildman–Crippen LogP) is 3.33. The molecule has 0 aromatic heterocycles. The summed E-state index contributed by atoms with van der Waals surface area (Å²) in [5.74, 6) is -0.211. The van der Waals surface area contributed by atoms with Gasteiger partial charge in [0.05, 0.1) is 17.8 Å². The van der Waals surface area contributed by atoms with Gasteiger partial charge in [-0.15, -0.1) is 0 Å². The standard InChI is InChI=1S/C16H25N3O2/c1-5-8-16(10-14(20)21-15(2,3)4)18-12-7-6-11(17)9-13(12)19-16/h6-7,9,18-19H,5,8,10,17H2,1-4H3. The molecule has 1 aromatic carbocycles. The van der Waals surface area contributed by atoms with E-state index < -0.39 is 11.3 Å². The third-order valence-corrected chi connectivity index (χ3v) is 3.33. The van der Waals surface area contributed by atoms with Crippen molar-refractivity contribution in [2.24, 2.45) is 0 Å². The number of carbonyl (C=O) groups excluding carboxylic acids is 1. The van der Waals surface area contributed by atoms with E-state index in [1.807, 2.05) is 39.0 Å². The Labute approximate surface area is 126 Å². The van der Waals surface area contributed by atoms with E-state index in [1.165, 1.54) is 0 Å². The second-order valence-electron chi connectivity index (χ2n) is 6.65. The Kier molecular flexibility index (Phi) is 4.03. The number of hydrogen-bond acceptors (Lipinski definition) is 5. The lowest BCUT2D eigenvalue weighted by atomic mass is 10.0. The van der Waals surface area contributed by atoms with E-state index >= 15 is 0 Å². The first-order chi connectivity index (χ1) is 9.73. The van der Waals surface area contributed by atoms with Crippen LogP contribution in [-0.2, 0) is 9.53 Å². The van der Waals surface area contributed by atoms with Gasteiger partial charge in [0.15, 0.2) is 0 Å². The number of nitrogens with one attached hydrogen (secondary N) is 2. The first-order valence-corrected chi connectivity index (χ1v) is 7.41. The average molecular weight is 291 g/mol. The SMILES string of the molecule is CCCC1(CC(=O)OC(C)(C)C)Nc2ccc(N)cc2N1. The molecule has 116 valence electrons. The van der Waals surface area contributed by atoms with E-state index in [-0.39, 0.29) is 12.4 Å². The topological polar surface area (TPSA) is 76.4 Å². The minimum atomic E-state index is -0.493. The third-order valence-electron chi connectivity index (χ3n) is 3.33. The van der Waals surface area contributed by atoms with Crippen LogP contribution >= 0.6 is 0 Å². The second kappa shape index (κ2) is 5.47. The Balaban J connectivity index is 2.15. The van der Waals surface area contributed by atoms with Crippen LogP contribution in [0.3, 0.4) is 0 Å². The third kappa shape index (κ3) is 3.80. The molecule has 0 amide bonds. The number of esters is 1. The largest absolute Gasteiger partial charge is 0.460 e. The van der Waals surface area contributed by atoms with Gasteiger partial charge in [0, 0.05) is 5.69 Å². The molecule has 1 atom stereocenters. The van der Waals surface area contributed by atoms with E-state index in [0.717, 1.165) is 24.2 Å². The number of carbonyl (C=O) groups is 1. The van der Waals surface area contributed by atoms with Gasteiger partial charge in [0.1, 0.15) is 11.3 Å². The number of nitrogens with two attached hydrogens (primary N) is 1. The molecule has 1 heterocycles. The van der Waals surface area contributed by atoms with Crippen molar-refractivity contribution in [3.8, 4) is 0 Å². The predicted molar refractivity (Wildman–Crippen MR) is 86.2 cm³/mol. The van der Waals surface area contributed by atoms with Crippen LogP contribution in [0.25, 0.3) is 0 Å². The Bertz CT molecular complexity index is 537. The highest BCUT2D eigenvalue weighted by molar-refractivity contribution is 5.82. The summed E-state index contributed by atoms with van der Waals surface area (Å²) in [5, 5.41) is 6.84. The van der Waals surface area contributed by atoms with Crippen molar-refractivity contribution in [3.63, 3.8) is 0 Å². The van der Waals surface area contributed by atoms with Crippen molar-refractivity contribution < 1.29 is 9.53 Å². The van der Waals surface area contributed by atoms with Crippen LogP contribution in [0.15, 0.2) is 18.2 Å². The summed E-state index contributed by atoms with van der Waals surface area (Å²) in [6.07, 6.45) is 2.04. The number of benzene rings is 1. The first-order valence-electron chi connectivity index (χ1n) is 7.41. The molecular weight excluding hydrogens is 266 g/mol. The normalized spacial score (nSPS) is 20.4. The van der Waals surface area contributed by atoms with E-state index in [4.69, 9.17) is 10.5 Å². The summed E-state index contributed by atoms with van der Waals surface area (Å²) < 4.78 is 5.45. The maximum atomic E-state index is 12.2. The minimum Gasteiger partial charge on any atom is -0.460 e. The van der Waals surface area contributed by atoms with Crippen molar-refractivity contribution >= 4 is 23.0 Å². The number of fused-ring (bicyclic) bond motifs is 1. The molecule has 0 radical (unpaired) electrons. The average Bonchev–Trinajstić information content (AvgIpc) is 2.63. The molecule has 21 heavy (non-hydrogen) atoms. The molecule has 0 bridgehead atoms. The van der Waals surface area contributed by atoms with Crippen LogP contribution in [0.1, 0.15) is 47.0 Å². The molecule has 1 aliphatic rings. The van der Waals surface area contributed by atoms with Crippen LogP contribution < -0.4 is 16.4 Å². The van der Waals surface area contributed by atoms with Gasteiger partial charge in [-0.3, -0.25) is 4.79 Å². The molecule has 0 spiro atoms. The van der Waals surface area contributed by atoms with Crippen LogP contribution in [0.4, 0.5) is 17.1 Å². The lowest BCUT2D eigenvalue weighted by molar-refractivity contribution is -0.155. The van der Waals surface area contributed by atoms with Crippen LogP contribution in [0.2, 0.25) is 0 Å². The van der Waals surface area contributed by atoms with E-state index in [9.17, 15) is 4.79 Å². The van der Waals surface area contributed by atoms with Crippen molar-refractivity contribution in [1.82, 2.24) is 0 Å².